The highest BCUT2D eigenvalue weighted by Gasteiger charge is 2.12. The van der Waals surface area contributed by atoms with Crippen LogP contribution in [0.5, 0.6) is 0 Å². The van der Waals surface area contributed by atoms with Crippen molar-refractivity contribution in [3.8, 4) is 22.6 Å². The van der Waals surface area contributed by atoms with Crippen molar-refractivity contribution in [3.05, 3.63) is 70.3 Å². The number of aromatic nitrogens is 3. The molecule has 0 saturated carbocycles. The summed E-state index contributed by atoms with van der Waals surface area (Å²) in [4.78, 5) is 23.8. The quantitative estimate of drug-likeness (QED) is 0.783. The van der Waals surface area contributed by atoms with Gasteiger partial charge in [-0.15, -0.1) is 0 Å². The van der Waals surface area contributed by atoms with Gasteiger partial charge in [-0.2, -0.15) is 0 Å². The van der Waals surface area contributed by atoms with Gasteiger partial charge in [0, 0.05) is 29.1 Å². The third kappa shape index (κ3) is 2.48. The molecule has 3 aromatic rings. The zero-order valence-corrected chi connectivity index (χ0v) is 11.9. The van der Waals surface area contributed by atoms with Gasteiger partial charge in [0.2, 0.25) is 0 Å². The Bertz CT molecular complexity index is 838. The van der Waals surface area contributed by atoms with Crippen LogP contribution in [0.2, 0.25) is 0 Å². The normalized spacial score (nSPS) is 10.6. The number of pyridine rings is 1. The third-order valence-corrected chi connectivity index (χ3v) is 3.49. The van der Waals surface area contributed by atoms with Crippen LogP contribution >= 0.6 is 0 Å². The largest absolute Gasteiger partial charge is 0.306 e. The smallest absolute Gasteiger partial charge is 0.254 e. The lowest BCUT2D eigenvalue weighted by molar-refractivity contribution is 1.08. The number of hydrogen-bond donors (Lipinski definition) is 1. The van der Waals surface area contributed by atoms with E-state index in [1.54, 1.807) is 19.3 Å². The van der Waals surface area contributed by atoms with Crippen molar-refractivity contribution in [2.24, 2.45) is 0 Å². The second-order valence-electron chi connectivity index (χ2n) is 4.94. The molecule has 3 rings (SSSR count). The Morgan fingerprint density at radius 1 is 1.05 bits per heavy atom. The van der Waals surface area contributed by atoms with Crippen LogP contribution in [0.3, 0.4) is 0 Å². The molecule has 1 aromatic carbocycles. The number of hydrogen-bond acceptors (Lipinski definition) is 3. The lowest BCUT2D eigenvalue weighted by Gasteiger charge is -2.09. The molecular formula is C17H15N3O. The van der Waals surface area contributed by atoms with Gasteiger partial charge in [-0.3, -0.25) is 9.78 Å². The molecule has 104 valence electrons. The first-order valence-electron chi connectivity index (χ1n) is 6.74. The first kappa shape index (κ1) is 13.2. The summed E-state index contributed by atoms with van der Waals surface area (Å²) in [6, 6.07) is 11.6. The number of aromatic amines is 1. The standard InChI is InChI=1S/C17H15N3O/c1-11-8-9-18-10-14(11)16-19-15(12(2)17(21)20-16)13-6-4-3-5-7-13/h3-10H,1-2H3,(H,19,20,21). The topological polar surface area (TPSA) is 58.6 Å². The van der Waals surface area contributed by atoms with Crippen molar-refractivity contribution in [1.29, 1.82) is 0 Å². The lowest BCUT2D eigenvalue weighted by atomic mass is 10.1. The molecule has 0 saturated heterocycles. The molecule has 0 radical (unpaired) electrons. The Kier molecular flexibility index (Phi) is 3.36. The average molecular weight is 277 g/mol. The number of H-pyrrole nitrogens is 1. The predicted molar refractivity (Wildman–Crippen MR) is 83.0 cm³/mol. The molecule has 0 spiro atoms. The molecule has 1 N–H and O–H groups in total. The number of aryl methyl sites for hydroxylation is 1. The van der Waals surface area contributed by atoms with E-state index in [0.29, 0.717) is 17.1 Å². The summed E-state index contributed by atoms with van der Waals surface area (Å²) in [6.07, 6.45) is 3.45. The van der Waals surface area contributed by atoms with Crippen LogP contribution in [-0.2, 0) is 0 Å². The fourth-order valence-corrected chi connectivity index (χ4v) is 2.25. The minimum Gasteiger partial charge on any atom is -0.306 e. The zero-order chi connectivity index (χ0) is 14.8. The SMILES string of the molecule is Cc1ccncc1-c1nc(-c2ccccc2)c(C)c(=O)[nH]1. The van der Waals surface area contributed by atoms with Gasteiger partial charge in [0.05, 0.1) is 5.69 Å². The number of nitrogens with zero attached hydrogens (tertiary/aromatic N) is 2. The van der Waals surface area contributed by atoms with Crippen molar-refractivity contribution < 1.29 is 0 Å². The van der Waals surface area contributed by atoms with E-state index in [1.807, 2.05) is 43.3 Å². The maximum absolute atomic E-state index is 12.2. The number of rotatable bonds is 2. The van der Waals surface area contributed by atoms with Crippen molar-refractivity contribution in [2.75, 3.05) is 0 Å². The monoisotopic (exact) mass is 277 g/mol. The third-order valence-electron chi connectivity index (χ3n) is 3.49. The van der Waals surface area contributed by atoms with Crippen LogP contribution in [0.4, 0.5) is 0 Å². The van der Waals surface area contributed by atoms with Crippen LogP contribution < -0.4 is 5.56 Å². The first-order chi connectivity index (χ1) is 10.2. The molecule has 0 amide bonds. The lowest BCUT2D eigenvalue weighted by Crippen LogP contribution is -2.14. The Balaban J connectivity index is 2.24. The van der Waals surface area contributed by atoms with Gasteiger partial charge in [0.15, 0.2) is 0 Å². The molecule has 0 bridgehead atoms. The van der Waals surface area contributed by atoms with E-state index in [0.717, 1.165) is 16.7 Å². The van der Waals surface area contributed by atoms with Crippen molar-refractivity contribution in [2.45, 2.75) is 13.8 Å². The maximum atomic E-state index is 12.2. The van der Waals surface area contributed by atoms with E-state index in [9.17, 15) is 4.79 Å². The molecule has 0 aliphatic heterocycles. The second kappa shape index (κ2) is 5.32. The van der Waals surface area contributed by atoms with Crippen LogP contribution in [-0.4, -0.2) is 15.0 Å². The summed E-state index contributed by atoms with van der Waals surface area (Å²) in [5, 5.41) is 0. The molecule has 4 nitrogen and oxygen atoms in total. The van der Waals surface area contributed by atoms with Crippen molar-refractivity contribution in [1.82, 2.24) is 15.0 Å². The van der Waals surface area contributed by atoms with E-state index < -0.39 is 0 Å². The van der Waals surface area contributed by atoms with E-state index in [1.165, 1.54) is 0 Å². The van der Waals surface area contributed by atoms with Crippen LogP contribution in [0.25, 0.3) is 22.6 Å². The van der Waals surface area contributed by atoms with Crippen molar-refractivity contribution in [3.63, 3.8) is 0 Å². The van der Waals surface area contributed by atoms with Gasteiger partial charge in [-0.25, -0.2) is 4.98 Å². The Morgan fingerprint density at radius 3 is 2.52 bits per heavy atom. The molecule has 0 fully saturated rings. The average Bonchev–Trinajstić information content (AvgIpc) is 2.51. The molecule has 2 heterocycles. The van der Waals surface area contributed by atoms with Gasteiger partial charge in [0.25, 0.3) is 5.56 Å². The molecular weight excluding hydrogens is 262 g/mol. The Hall–Kier alpha value is -2.75. The summed E-state index contributed by atoms with van der Waals surface area (Å²) >= 11 is 0. The Labute approximate surface area is 122 Å². The summed E-state index contributed by atoms with van der Waals surface area (Å²) in [5.41, 5.74) is 4.00. The summed E-state index contributed by atoms with van der Waals surface area (Å²) < 4.78 is 0. The Morgan fingerprint density at radius 2 is 1.81 bits per heavy atom. The second-order valence-corrected chi connectivity index (χ2v) is 4.94. The van der Waals surface area contributed by atoms with Crippen molar-refractivity contribution >= 4 is 0 Å². The zero-order valence-electron chi connectivity index (χ0n) is 11.9. The van der Waals surface area contributed by atoms with E-state index in [4.69, 9.17) is 0 Å². The highest BCUT2D eigenvalue weighted by molar-refractivity contribution is 5.67. The summed E-state index contributed by atoms with van der Waals surface area (Å²) in [7, 11) is 0. The number of nitrogens with one attached hydrogen (secondary N) is 1. The summed E-state index contributed by atoms with van der Waals surface area (Å²) in [5.74, 6) is 0.551. The molecule has 4 heteroatoms. The van der Waals surface area contributed by atoms with Gasteiger partial charge in [-0.1, -0.05) is 30.3 Å². The first-order valence-corrected chi connectivity index (χ1v) is 6.74. The molecule has 0 unspecified atom stereocenters. The van der Waals surface area contributed by atoms with Gasteiger partial charge in [-0.05, 0) is 25.5 Å². The minimum atomic E-state index is -0.123. The van der Waals surface area contributed by atoms with Gasteiger partial charge >= 0.3 is 0 Å². The molecule has 21 heavy (non-hydrogen) atoms. The maximum Gasteiger partial charge on any atom is 0.254 e. The molecule has 0 aliphatic rings. The molecule has 0 aliphatic carbocycles. The minimum absolute atomic E-state index is 0.123. The fourth-order valence-electron chi connectivity index (χ4n) is 2.25. The van der Waals surface area contributed by atoms with Gasteiger partial charge < -0.3 is 4.98 Å². The van der Waals surface area contributed by atoms with Crippen LogP contribution in [0.15, 0.2) is 53.6 Å². The fraction of sp³-hybridized carbons (Fsp3) is 0.118. The van der Waals surface area contributed by atoms with Gasteiger partial charge in [0.1, 0.15) is 5.82 Å². The van der Waals surface area contributed by atoms with E-state index in [-0.39, 0.29) is 5.56 Å². The predicted octanol–water partition coefficient (Wildman–Crippen LogP) is 3.12. The molecule has 2 aromatic heterocycles. The summed E-state index contributed by atoms with van der Waals surface area (Å²) in [6.45, 7) is 3.76. The highest BCUT2D eigenvalue weighted by atomic mass is 16.1. The van der Waals surface area contributed by atoms with Crippen LogP contribution in [0.1, 0.15) is 11.1 Å². The van der Waals surface area contributed by atoms with E-state index in [2.05, 4.69) is 15.0 Å². The van der Waals surface area contributed by atoms with E-state index >= 15 is 0 Å². The number of benzene rings is 1. The molecule has 0 atom stereocenters. The highest BCUT2D eigenvalue weighted by Crippen LogP contribution is 2.23. The van der Waals surface area contributed by atoms with Crippen LogP contribution in [0, 0.1) is 13.8 Å².